The molecule has 5 atom stereocenters. The van der Waals surface area contributed by atoms with Gasteiger partial charge in [0, 0.05) is 41.5 Å². The number of piperidine rings is 1. The van der Waals surface area contributed by atoms with Gasteiger partial charge in [0.05, 0.1) is 18.1 Å². The van der Waals surface area contributed by atoms with E-state index in [9.17, 15) is 9.59 Å². The summed E-state index contributed by atoms with van der Waals surface area (Å²) in [5, 5.41) is 0.717. The predicted octanol–water partition coefficient (Wildman–Crippen LogP) is 4.65. The summed E-state index contributed by atoms with van der Waals surface area (Å²) in [7, 11) is 0. The van der Waals surface area contributed by atoms with Gasteiger partial charge in [-0.2, -0.15) is 0 Å². The fourth-order valence-corrected chi connectivity index (χ4v) is 6.42. The Morgan fingerprint density at radius 1 is 1.19 bits per heavy atom. The molecular formula is C26H35ClN2O3. The molecule has 5 nitrogen and oxygen atoms in total. The lowest BCUT2D eigenvalue weighted by atomic mass is 9.64. The molecule has 3 aliphatic rings. The van der Waals surface area contributed by atoms with Gasteiger partial charge in [-0.1, -0.05) is 36.4 Å². The highest BCUT2D eigenvalue weighted by molar-refractivity contribution is 6.31. The normalized spacial score (nSPS) is 34.2. The third-order valence-electron chi connectivity index (χ3n) is 8.14. The molecule has 0 aromatic heterocycles. The number of carbonyl (C=O) groups excluding carboxylic acids is 2. The Kier molecular flexibility index (Phi) is 6.19. The molecule has 4 rings (SSSR count). The lowest BCUT2D eigenvalue weighted by molar-refractivity contribution is -0.168. The summed E-state index contributed by atoms with van der Waals surface area (Å²) < 4.78 is 6.12. The van der Waals surface area contributed by atoms with Gasteiger partial charge in [0.1, 0.15) is 0 Å². The minimum Gasteiger partial charge on any atom is -0.375 e. The maximum absolute atomic E-state index is 13.8. The van der Waals surface area contributed by atoms with Crippen LogP contribution in [0.5, 0.6) is 0 Å². The molecule has 1 aromatic carbocycles. The molecule has 3 aliphatic heterocycles. The lowest BCUT2D eigenvalue weighted by Crippen LogP contribution is -2.69. The monoisotopic (exact) mass is 458 g/mol. The van der Waals surface area contributed by atoms with Crippen molar-refractivity contribution in [1.29, 1.82) is 0 Å². The number of hydrogen-bond donors (Lipinski definition) is 0. The van der Waals surface area contributed by atoms with Crippen molar-refractivity contribution >= 4 is 23.4 Å². The van der Waals surface area contributed by atoms with Gasteiger partial charge in [0.25, 0.3) is 0 Å². The quantitative estimate of drug-likeness (QED) is 0.619. The van der Waals surface area contributed by atoms with Crippen molar-refractivity contribution in [2.24, 2.45) is 11.3 Å². The summed E-state index contributed by atoms with van der Waals surface area (Å²) in [6.07, 6.45) is 3.98. The second-order valence-corrected chi connectivity index (χ2v) is 11.0. The van der Waals surface area contributed by atoms with Gasteiger partial charge in [-0.3, -0.25) is 9.59 Å². The standard InChI is InChI=1S/C26H35ClN2O3/c1-6-23(30)29-16-26(18(29)3)11-12-28(17(2)13-26)24(31)21-15-32-25(4,5)14-20(21)19-9-7-8-10-22(19)27/h6-10,17-18,20-21H,1,11-16H2,2-5H3/t17-,18?,20+,21-,26?/m0/s1. The predicted molar refractivity (Wildman–Crippen MR) is 127 cm³/mol. The molecule has 3 saturated heterocycles. The fourth-order valence-electron chi connectivity index (χ4n) is 6.15. The van der Waals surface area contributed by atoms with Crippen molar-refractivity contribution in [3.8, 4) is 0 Å². The van der Waals surface area contributed by atoms with Crippen LogP contribution in [0.25, 0.3) is 0 Å². The number of likely N-dealkylation sites (tertiary alicyclic amines) is 2. The Balaban J connectivity index is 1.51. The zero-order valence-electron chi connectivity index (χ0n) is 19.6. The van der Waals surface area contributed by atoms with E-state index in [1.807, 2.05) is 34.1 Å². The van der Waals surface area contributed by atoms with Crippen molar-refractivity contribution in [3.05, 3.63) is 47.5 Å². The van der Waals surface area contributed by atoms with E-state index in [0.717, 1.165) is 37.9 Å². The van der Waals surface area contributed by atoms with Crippen LogP contribution in [-0.4, -0.2) is 59.0 Å². The van der Waals surface area contributed by atoms with Crippen LogP contribution in [0.1, 0.15) is 58.4 Å². The van der Waals surface area contributed by atoms with Gasteiger partial charge in [-0.15, -0.1) is 0 Å². The highest BCUT2D eigenvalue weighted by Crippen LogP contribution is 2.49. The van der Waals surface area contributed by atoms with E-state index in [1.165, 1.54) is 6.08 Å². The molecule has 0 aliphatic carbocycles. The maximum Gasteiger partial charge on any atom is 0.246 e. The number of carbonyl (C=O) groups is 2. The summed E-state index contributed by atoms with van der Waals surface area (Å²) >= 11 is 6.56. The highest BCUT2D eigenvalue weighted by Gasteiger charge is 2.55. The van der Waals surface area contributed by atoms with E-state index in [2.05, 4.69) is 34.3 Å². The van der Waals surface area contributed by atoms with Crippen molar-refractivity contribution in [1.82, 2.24) is 9.80 Å². The van der Waals surface area contributed by atoms with E-state index in [1.54, 1.807) is 0 Å². The SMILES string of the molecule is C=CC(=O)N1CC2(CCN(C(=O)[C@H]3COC(C)(C)C[C@@H]3c3ccccc3Cl)[C@@H](C)C2)C1C. The Labute approximate surface area is 196 Å². The first-order valence-electron chi connectivity index (χ1n) is 11.7. The van der Waals surface area contributed by atoms with Gasteiger partial charge >= 0.3 is 0 Å². The van der Waals surface area contributed by atoms with Crippen LogP contribution in [0, 0.1) is 11.3 Å². The molecular weight excluding hydrogens is 424 g/mol. The van der Waals surface area contributed by atoms with Crippen LogP contribution in [0.15, 0.2) is 36.9 Å². The van der Waals surface area contributed by atoms with Crippen LogP contribution in [-0.2, 0) is 14.3 Å². The second kappa shape index (κ2) is 8.49. The van der Waals surface area contributed by atoms with Crippen LogP contribution >= 0.6 is 11.6 Å². The molecule has 174 valence electrons. The molecule has 0 bridgehead atoms. The van der Waals surface area contributed by atoms with Gasteiger partial charge in [0.2, 0.25) is 11.8 Å². The summed E-state index contributed by atoms with van der Waals surface area (Å²) in [4.78, 5) is 29.8. The first-order chi connectivity index (χ1) is 15.1. The molecule has 3 heterocycles. The molecule has 1 aromatic rings. The molecule has 1 spiro atoms. The van der Waals surface area contributed by atoms with Gasteiger partial charge < -0.3 is 14.5 Å². The molecule has 0 saturated carbocycles. The molecule has 0 radical (unpaired) electrons. The second-order valence-electron chi connectivity index (χ2n) is 10.6. The van der Waals surface area contributed by atoms with Gasteiger partial charge in [-0.25, -0.2) is 0 Å². The van der Waals surface area contributed by atoms with Gasteiger partial charge in [0.15, 0.2) is 0 Å². The lowest BCUT2D eigenvalue weighted by Gasteiger charge is -2.60. The Morgan fingerprint density at radius 3 is 2.53 bits per heavy atom. The number of rotatable bonds is 3. The first kappa shape index (κ1) is 23.3. The van der Waals surface area contributed by atoms with E-state index in [0.29, 0.717) is 11.6 Å². The van der Waals surface area contributed by atoms with Crippen molar-refractivity contribution in [3.63, 3.8) is 0 Å². The van der Waals surface area contributed by atoms with Crippen molar-refractivity contribution < 1.29 is 14.3 Å². The Hall–Kier alpha value is -1.85. The average molecular weight is 459 g/mol. The highest BCUT2D eigenvalue weighted by atomic mass is 35.5. The maximum atomic E-state index is 13.8. The number of hydrogen-bond acceptors (Lipinski definition) is 3. The first-order valence-corrected chi connectivity index (χ1v) is 12.1. The van der Waals surface area contributed by atoms with Gasteiger partial charge in [-0.05, 0) is 64.7 Å². The number of benzene rings is 1. The third-order valence-corrected chi connectivity index (χ3v) is 8.48. The van der Waals surface area contributed by atoms with Crippen LogP contribution in [0.4, 0.5) is 0 Å². The topological polar surface area (TPSA) is 49.9 Å². The van der Waals surface area contributed by atoms with E-state index in [-0.39, 0.29) is 46.7 Å². The summed E-state index contributed by atoms with van der Waals surface area (Å²) in [6.45, 7) is 13.9. The number of nitrogens with zero attached hydrogens (tertiary/aromatic N) is 2. The molecule has 3 fully saturated rings. The number of ether oxygens (including phenoxy) is 1. The minimum absolute atomic E-state index is 0.00108. The van der Waals surface area contributed by atoms with Crippen molar-refractivity contribution in [2.75, 3.05) is 19.7 Å². The zero-order valence-corrected chi connectivity index (χ0v) is 20.4. The Bertz CT molecular complexity index is 916. The van der Waals surface area contributed by atoms with Crippen molar-refractivity contribution in [2.45, 2.75) is 70.6 Å². The van der Waals surface area contributed by atoms with Crippen LogP contribution < -0.4 is 0 Å². The summed E-state index contributed by atoms with van der Waals surface area (Å²) in [5.41, 5.74) is 0.846. The van der Waals surface area contributed by atoms with Crippen LogP contribution in [0.3, 0.4) is 0 Å². The number of amides is 2. The molecule has 2 amide bonds. The fraction of sp³-hybridized carbons (Fsp3) is 0.615. The summed E-state index contributed by atoms with van der Waals surface area (Å²) in [5.74, 6) is -0.0407. The third kappa shape index (κ3) is 3.99. The molecule has 6 heteroatoms. The average Bonchev–Trinajstić information content (AvgIpc) is 2.76. The minimum atomic E-state index is -0.291. The zero-order chi connectivity index (χ0) is 23.3. The smallest absolute Gasteiger partial charge is 0.246 e. The van der Waals surface area contributed by atoms with Crippen LogP contribution in [0.2, 0.25) is 5.02 Å². The van der Waals surface area contributed by atoms with E-state index >= 15 is 0 Å². The molecule has 0 N–H and O–H groups in total. The largest absolute Gasteiger partial charge is 0.375 e. The number of halogens is 1. The molecule has 2 unspecified atom stereocenters. The summed E-state index contributed by atoms with van der Waals surface area (Å²) in [6, 6.07) is 8.18. The Morgan fingerprint density at radius 2 is 1.91 bits per heavy atom. The van der Waals surface area contributed by atoms with E-state index < -0.39 is 0 Å². The van der Waals surface area contributed by atoms with E-state index in [4.69, 9.17) is 16.3 Å². The molecule has 32 heavy (non-hydrogen) atoms.